The van der Waals surface area contributed by atoms with Crippen molar-refractivity contribution in [2.75, 3.05) is 0 Å². The molecule has 0 bridgehead atoms. The van der Waals surface area contributed by atoms with E-state index in [1.165, 1.54) is 88.7 Å². The summed E-state index contributed by atoms with van der Waals surface area (Å²) in [5, 5.41) is 2.55. The third-order valence-corrected chi connectivity index (χ3v) is 11.9. The lowest BCUT2D eigenvalue weighted by atomic mass is 9.66. The summed E-state index contributed by atoms with van der Waals surface area (Å²) in [6.07, 6.45) is 4.52. The van der Waals surface area contributed by atoms with Gasteiger partial charge < -0.3 is 0 Å². The molecule has 8 aromatic rings. The van der Waals surface area contributed by atoms with Gasteiger partial charge in [0.2, 0.25) is 0 Å². The number of fused-ring (bicyclic) bond motifs is 8. The summed E-state index contributed by atoms with van der Waals surface area (Å²) in [7, 11) is 0. The molecule has 0 aromatic heterocycles. The molecule has 0 saturated heterocycles. The largest absolute Gasteiger partial charge is 0.0870 e. The van der Waals surface area contributed by atoms with Gasteiger partial charge in [-0.05, 0) is 115 Å². The number of benzene rings is 8. The van der Waals surface area contributed by atoms with Gasteiger partial charge in [0.15, 0.2) is 0 Å². The van der Waals surface area contributed by atoms with Gasteiger partial charge in [0.1, 0.15) is 0 Å². The van der Waals surface area contributed by atoms with Crippen LogP contribution in [0, 0.1) is 6.92 Å². The molecule has 2 aliphatic rings. The molecule has 2 aliphatic carbocycles. The molecule has 0 aliphatic heterocycles. The molecule has 52 heavy (non-hydrogen) atoms. The molecule has 0 unspecified atom stereocenters. The normalized spacial score (nSPS) is 14.6. The van der Waals surface area contributed by atoms with E-state index in [0.29, 0.717) is 0 Å². The molecule has 0 fully saturated rings. The Labute approximate surface area is 306 Å². The fraction of sp³-hybridized carbons (Fsp3) is 0.0769. The second-order valence-electron chi connectivity index (χ2n) is 14.3. The van der Waals surface area contributed by atoms with E-state index in [2.05, 4.69) is 208 Å². The van der Waals surface area contributed by atoms with E-state index in [1.54, 1.807) is 0 Å². The Morgan fingerprint density at radius 2 is 0.827 bits per heavy atom. The van der Waals surface area contributed by atoms with Crippen molar-refractivity contribution < 1.29 is 0 Å². The first-order chi connectivity index (χ1) is 25.7. The Bertz CT molecular complexity index is 2590. The fourth-order valence-electron chi connectivity index (χ4n) is 9.84. The van der Waals surface area contributed by atoms with Crippen molar-refractivity contribution in [2.24, 2.45) is 0 Å². The molecule has 0 spiro atoms. The Hall–Kier alpha value is -6.24. The maximum absolute atomic E-state index is 2.60. The highest BCUT2D eigenvalue weighted by Crippen LogP contribution is 2.64. The first-order valence-electron chi connectivity index (χ1n) is 18.4. The molecule has 0 heteroatoms. The number of aryl methyl sites for hydroxylation is 1. The van der Waals surface area contributed by atoms with Crippen molar-refractivity contribution >= 4 is 16.8 Å². The standard InChI is InChI=1S/C52H38/c1-3-18-41-35(2)29-31-45-49(41)43-33-48-44(34-47(43)51(45,37-20-8-4-9-21-37)38-22-10-5-11-23-38)50-42-28-17-16-19-36(42)30-32-46(50)52(48,39-24-12-6-13-25-39)40-26-14-7-15-27-40/h3-34H,1-2H3/b18-3-. The molecule has 0 heterocycles. The maximum atomic E-state index is 2.60. The van der Waals surface area contributed by atoms with E-state index >= 15 is 0 Å². The number of hydrogen-bond donors (Lipinski definition) is 0. The number of hydrogen-bond acceptors (Lipinski definition) is 0. The zero-order valence-corrected chi connectivity index (χ0v) is 29.5. The summed E-state index contributed by atoms with van der Waals surface area (Å²) >= 11 is 0. The average molecular weight is 663 g/mol. The van der Waals surface area contributed by atoms with Crippen molar-refractivity contribution in [3.8, 4) is 22.3 Å². The highest BCUT2D eigenvalue weighted by atomic mass is 14.5. The summed E-state index contributed by atoms with van der Waals surface area (Å²) < 4.78 is 0. The van der Waals surface area contributed by atoms with Crippen molar-refractivity contribution in [3.05, 3.63) is 244 Å². The molecule has 0 N–H and O–H groups in total. The summed E-state index contributed by atoms with van der Waals surface area (Å²) in [5.74, 6) is 0. The maximum Gasteiger partial charge on any atom is 0.0714 e. The van der Waals surface area contributed by atoms with Gasteiger partial charge in [0.25, 0.3) is 0 Å². The minimum Gasteiger partial charge on any atom is -0.0870 e. The van der Waals surface area contributed by atoms with Gasteiger partial charge in [-0.2, -0.15) is 0 Å². The van der Waals surface area contributed by atoms with Crippen LogP contribution in [0.5, 0.6) is 0 Å². The zero-order chi connectivity index (χ0) is 34.9. The Morgan fingerprint density at radius 3 is 1.33 bits per heavy atom. The van der Waals surface area contributed by atoms with Crippen molar-refractivity contribution in [1.82, 2.24) is 0 Å². The molecule has 0 amide bonds. The van der Waals surface area contributed by atoms with Crippen LogP contribution >= 0.6 is 0 Å². The topological polar surface area (TPSA) is 0 Å². The fourth-order valence-corrected chi connectivity index (χ4v) is 9.84. The Morgan fingerprint density at radius 1 is 0.404 bits per heavy atom. The van der Waals surface area contributed by atoms with Gasteiger partial charge in [-0.3, -0.25) is 0 Å². The van der Waals surface area contributed by atoms with Crippen LogP contribution < -0.4 is 0 Å². The minimum absolute atomic E-state index is 0.512. The van der Waals surface area contributed by atoms with Crippen LogP contribution in [0.25, 0.3) is 39.1 Å². The monoisotopic (exact) mass is 662 g/mol. The Balaban J connectivity index is 1.45. The van der Waals surface area contributed by atoms with Crippen LogP contribution in [0.2, 0.25) is 0 Å². The number of rotatable bonds is 5. The van der Waals surface area contributed by atoms with Crippen LogP contribution in [-0.4, -0.2) is 0 Å². The predicted octanol–water partition coefficient (Wildman–Crippen LogP) is 12.9. The second-order valence-corrected chi connectivity index (χ2v) is 14.3. The van der Waals surface area contributed by atoms with E-state index in [1.807, 2.05) is 0 Å². The van der Waals surface area contributed by atoms with Gasteiger partial charge in [0, 0.05) is 0 Å². The third-order valence-electron chi connectivity index (χ3n) is 11.9. The quantitative estimate of drug-likeness (QED) is 0.172. The lowest BCUT2D eigenvalue weighted by molar-refractivity contribution is 0.759. The summed E-state index contributed by atoms with van der Waals surface area (Å²) in [5.41, 5.74) is 17.3. The second kappa shape index (κ2) is 11.7. The predicted molar refractivity (Wildman–Crippen MR) is 218 cm³/mol. The molecule has 10 rings (SSSR count). The highest BCUT2D eigenvalue weighted by molar-refractivity contribution is 6.06. The lowest BCUT2D eigenvalue weighted by Crippen LogP contribution is -2.30. The minimum atomic E-state index is -0.512. The van der Waals surface area contributed by atoms with Crippen LogP contribution in [0.3, 0.4) is 0 Å². The lowest BCUT2D eigenvalue weighted by Gasteiger charge is -2.35. The Kier molecular flexibility index (Phi) is 6.85. The summed E-state index contributed by atoms with van der Waals surface area (Å²) in [6.45, 7) is 4.39. The van der Waals surface area contributed by atoms with Gasteiger partial charge in [0.05, 0.1) is 10.8 Å². The van der Waals surface area contributed by atoms with Crippen molar-refractivity contribution in [2.45, 2.75) is 24.7 Å². The highest BCUT2D eigenvalue weighted by Gasteiger charge is 2.52. The number of allylic oxidation sites excluding steroid dienone is 1. The molecular weight excluding hydrogens is 625 g/mol. The van der Waals surface area contributed by atoms with Crippen LogP contribution in [-0.2, 0) is 10.8 Å². The van der Waals surface area contributed by atoms with Crippen molar-refractivity contribution in [3.63, 3.8) is 0 Å². The van der Waals surface area contributed by atoms with Crippen molar-refractivity contribution in [1.29, 1.82) is 0 Å². The summed E-state index contributed by atoms with van der Waals surface area (Å²) in [4.78, 5) is 0. The van der Waals surface area contributed by atoms with E-state index in [0.717, 1.165) is 0 Å². The van der Waals surface area contributed by atoms with E-state index in [9.17, 15) is 0 Å². The van der Waals surface area contributed by atoms with Gasteiger partial charge in [-0.1, -0.05) is 182 Å². The van der Waals surface area contributed by atoms with Gasteiger partial charge in [-0.15, -0.1) is 0 Å². The molecule has 0 atom stereocenters. The average Bonchev–Trinajstić information content (AvgIpc) is 3.67. The molecular formula is C52H38. The zero-order valence-electron chi connectivity index (χ0n) is 29.5. The third kappa shape index (κ3) is 3.98. The molecule has 8 aromatic carbocycles. The van der Waals surface area contributed by atoms with E-state index in [4.69, 9.17) is 0 Å². The van der Waals surface area contributed by atoms with Gasteiger partial charge >= 0.3 is 0 Å². The SMILES string of the molecule is C/C=C\c1c(C)ccc2c1-c1cc3c(cc1C2(c1ccccc1)c1ccccc1)-c1c(ccc2ccccc12)C3(c1ccccc1)c1ccccc1. The van der Waals surface area contributed by atoms with Gasteiger partial charge in [-0.25, -0.2) is 0 Å². The van der Waals surface area contributed by atoms with Crippen LogP contribution in [0.1, 0.15) is 62.6 Å². The van der Waals surface area contributed by atoms with Crippen LogP contribution in [0.15, 0.2) is 188 Å². The van der Waals surface area contributed by atoms with E-state index < -0.39 is 10.8 Å². The van der Waals surface area contributed by atoms with Crippen LogP contribution in [0.4, 0.5) is 0 Å². The summed E-state index contributed by atoms with van der Waals surface area (Å²) in [6, 6.07) is 68.4. The smallest absolute Gasteiger partial charge is 0.0714 e. The molecule has 0 radical (unpaired) electrons. The van der Waals surface area contributed by atoms with E-state index in [-0.39, 0.29) is 0 Å². The molecule has 0 nitrogen and oxygen atoms in total. The first kappa shape index (κ1) is 30.6. The first-order valence-corrected chi connectivity index (χ1v) is 18.4. The molecule has 0 saturated carbocycles. The molecule has 246 valence electrons.